The second-order valence-corrected chi connectivity index (χ2v) is 2.78. The fourth-order valence-corrected chi connectivity index (χ4v) is 0. The Morgan fingerprint density at radius 1 is 1.30 bits per heavy atom. The average Bonchev–Trinajstić information content (AvgIpc) is 1.19. The predicted molar refractivity (Wildman–Crippen MR) is 37.6 cm³/mol. The summed E-state index contributed by atoms with van der Waals surface area (Å²) in [6.07, 6.45) is 0. The fraction of sp³-hybridized carbons (Fsp3) is 0. The van der Waals surface area contributed by atoms with Crippen LogP contribution in [0, 0.1) is 5.41 Å². The molecule has 0 aliphatic heterocycles. The van der Waals surface area contributed by atoms with Gasteiger partial charge in [-0.3, -0.25) is 5.41 Å². The Hall–Kier alpha value is -0.0542. The molecule has 0 saturated heterocycles. The monoisotopic (exact) mass is 277 g/mol. The second-order valence-electron chi connectivity index (χ2n) is 0.903. The van der Waals surface area contributed by atoms with Crippen LogP contribution in [0.3, 0.4) is 0 Å². The molecular weight excluding hydrogens is 267 g/mol. The predicted octanol–water partition coefficient (Wildman–Crippen LogP) is -4.08. The van der Waals surface area contributed by atoms with Crippen LogP contribution in [0.25, 0.3) is 0 Å². The van der Waals surface area contributed by atoms with Crippen molar-refractivity contribution in [1.29, 1.82) is 5.41 Å². The number of rotatable bonds is 0. The van der Waals surface area contributed by atoms with Gasteiger partial charge in [-0.15, -0.1) is 0 Å². The molecule has 0 unspecified atom stereocenters. The van der Waals surface area contributed by atoms with Gasteiger partial charge in [-0.2, -0.15) is 0 Å². The van der Waals surface area contributed by atoms with Gasteiger partial charge in [-0.1, -0.05) is 0 Å². The number of guanidine groups is 1. The molecule has 7 nitrogen and oxygen atoms in total. The number of hydrogen-bond donors (Lipinski definition) is 5. The molecule has 10 heavy (non-hydrogen) atoms. The molecule has 0 aromatic heterocycles. The van der Waals surface area contributed by atoms with Gasteiger partial charge in [0.2, 0.25) is 0 Å². The molecule has 0 spiro atoms. The summed E-state index contributed by atoms with van der Waals surface area (Å²) in [6, 6.07) is 0. The summed E-state index contributed by atoms with van der Waals surface area (Å²) in [5.74, 6) is -0.333. The first-order chi connectivity index (χ1) is 3.73. The summed E-state index contributed by atoms with van der Waals surface area (Å²) < 4.78 is 31.9. The van der Waals surface area contributed by atoms with Crippen molar-refractivity contribution < 1.29 is 16.0 Å². The minimum atomic E-state index is -5.25. The van der Waals surface area contributed by atoms with Crippen molar-refractivity contribution in [1.82, 2.24) is 0 Å². The molecular formula is CH10GaN3O4Se. The summed E-state index contributed by atoms with van der Waals surface area (Å²) in [7, 11) is 0. The van der Waals surface area contributed by atoms with E-state index in [9.17, 15) is 0 Å². The van der Waals surface area contributed by atoms with Gasteiger partial charge < -0.3 is 11.5 Å². The number of nitrogens with one attached hydrogen (secondary N) is 1. The Labute approximate surface area is 72.2 Å². The average molecular weight is 277 g/mol. The first kappa shape index (κ1) is 16.5. The van der Waals surface area contributed by atoms with Gasteiger partial charge in [0.05, 0.1) is 0 Å². The van der Waals surface area contributed by atoms with Crippen molar-refractivity contribution in [3.05, 3.63) is 0 Å². The molecule has 62 valence electrons. The van der Waals surface area contributed by atoms with Gasteiger partial charge in [0, 0.05) is 0 Å². The number of nitrogens with two attached hydrogens (primary N) is 2. The van der Waals surface area contributed by atoms with E-state index in [0.717, 1.165) is 0 Å². The van der Waals surface area contributed by atoms with Crippen LogP contribution in [-0.2, 0) is 7.67 Å². The van der Waals surface area contributed by atoms with Gasteiger partial charge in [0.15, 0.2) is 5.96 Å². The van der Waals surface area contributed by atoms with Crippen molar-refractivity contribution in [3.8, 4) is 0 Å². The van der Waals surface area contributed by atoms with Gasteiger partial charge in [0.1, 0.15) is 0 Å². The van der Waals surface area contributed by atoms with E-state index < -0.39 is 13.4 Å². The van der Waals surface area contributed by atoms with Gasteiger partial charge in [0.25, 0.3) is 0 Å². The SMILES string of the molecule is N=C(N)N.O=[Se](=O)(O)O.[GaH3]. The molecule has 0 radical (unpaired) electrons. The van der Waals surface area contributed by atoms with E-state index in [1.165, 1.54) is 0 Å². The third-order valence-electron chi connectivity index (χ3n) is 0. The zero-order valence-corrected chi connectivity index (χ0v) is 5.99. The van der Waals surface area contributed by atoms with Crippen LogP contribution in [0.2, 0.25) is 0 Å². The molecule has 0 amide bonds. The van der Waals surface area contributed by atoms with Gasteiger partial charge in [-0.25, -0.2) is 0 Å². The maximum atomic E-state index is 8.82. The summed E-state index contributed by atoms with van der Waals surface area (Å²) >= 11 is -5.25. The second kappa shape index (κ2) is 7.06. The first-order valence-corrected chi connectivity index (χ1v) is 4.46. The Balaban J connectivity index is -0.0000000910. The zero-order chi connectivity index (χ0) is 8.08. The fourth-order valence-electron chi connectivity index (χ4n) is 0. The van der Waals surface area contributed by atoms with Gasteiger partial charge in [-0.05, 0) is 0 Å². The molecule has 0 aliphatic carbocycles. The van der Waals surface area contributed by atoms with Crippen LogP contribution in [0.4, 0.5) is 0 Å². The zero-order valence-electron chi connectivity index (χ0n) is 4.27. The molecule has 0 rings (SSSR count). The molecule has 0 aromatic rings. The van der Waals surface area contributed by atoms with E-state index in [0.29, 0.717) is 0 Å². The number of hydrogen-bond acceptors (Lipinski definition) is 3. The van der Waals surface area contributed by atoms with Gasteiger partial charge >= 0.3 is 49.2 Å². The molecule has 7 N–H and O–H groups in total. The third-order valence-corrected chi connectivity index (χ3v) is 0. The van der Waals surface area contributed by atoms with Crippen LogP contribution >= 0.6 is 0 Å². The van der Waals surface area contributed by atoms with E-state index in [2.05, 4.69) is 11.5 Å². The normalized spacial score (nSPS) is 8.20. The molecule has 0 saturated carbocycles. The molecule has 0 fully saturated rings. The van der Waals surface area contributed by atoms with E-state index >= 15 is 0 Å². The summed E-state index contributed by atoms with van der Waals surface area (Å²) in [5, 5.41) is 6.06. The first-order valence-electron chi connectivity index (χ1n) is 1.53. The van der Waals surface area contributed by atoms with Crippen LogP contribution < -0.4 is 11.5 Å². The molecule has 0 aromatic carbocycles. The summed E-state index contributed by atoms with van der Waals surface area (Å²) in [6.45, 7) is 0. The molecule has 0 atom stereocenters. The van der Waals surface area contributed by atoms with E-state index in [1.807, 2.05) is 0 Å². The molecule has 9 heteroatoms. The van der Waals surface area contributed by atoms with E-state index in [4.69, 9.17) is 21.5 Å². The van der Waals surface area contributed by atoms with Crippen LogP contribution in [-0.4, -0.2) is 47.5 Å². The van der Waals surface area contributed by atoms with Crippen LogP contribution in [0.5, 0.6) is 0 Å². The summed E-state index contributed by atoms with van der Waals surface area (Å²) in [5.41, 5.74) is 8.94. The van der Waals surface area contributed by atoms with Crippen molar-refractivity contribution in [2.75, 3.05) is 0 Å². The van der Waals surface area contributed by atoms with Crippen molar-refractivity contribution in [3.63, 3.8) is 0 Å². The Bertz CT molecular complexity index is 163. The van der Waals surface area contributed by atoms with Crippen LogP contribution in [0.15, 0.2) is 0 Å². The quantitative estimate of drug-likeness (QED) is 0.172. The molecule has 0 aliphatic rings. The molecule has 0 bridgehead atoms. The van der Waals surface area contributed by atoms with Crippen LogP contribution in [0.1, 0.15) is 0 Å². The minimum absolute atomic E-state index is 0. The van der Waals surface area contributed by atoms with E-state index in [-0.39, 0.29) is 25.7 Å². The Kier molecular flexibility index (Phi) is 11.6. The molecule has 0 heterocycles. The van der Waals surface area contributed by atoms with Crippen molar-refractivity contribution in [2.24, 2.45) is 11.5 Å². The third kappa shape index (κ3) is 131000. The topological polar surface area (TPSA) is 150 Å². The van der Waals surface area contributed by atoms with Crippen molar-refractivity contribution >= 4 is 39.1 Å². The Morgan fingerprint density at radius 2 is 1.30 bits per heavy atom. The van der Waals surface area contributed by atoms with E-state index in [1.54, 1.807) is 0 Å². The van der Waals surface area contributed by atoms with Crippen molar-refractivity contribution in [2.45, 2.75) is 0 Å². The summed E-state index contributed by atoms with van der Waals surface area (Å²) in [4.78, 5) is 0. The standard InChI is InChI=1S/CH5N3.Ga.H2O4Se.3H/c2-1(3)4;;1-5(2,3)4;;;/h(H5,2,3,4);;(H2,1,2,3,4);;;. The maximum absolute atomic E-state index is 8.82. The Morgan fingerprint density at radius 3 is 1.30 bits per heavy atom.